The van der Waals surface area contributed by atoms with Gasteiger partial charge in [-0.2, -0.15) is 0 Å². The Morgan fingerprint density at radius 2 is 1.75 bits per heavy atom. The third kappa shape index (κ3) is 5.55. The molecule has 0 saturated heterocycles. The van der Waals surface area contributed by atoms with Gasteiger partial charge in [-0.15, -0.1) is 0 Å². The van der Waals surface area contributed by atoms with Gasteiger partial charge in [-0.1, -0.05) is 47.8 Å². The highest BCUT2D eigenvalue weighted by molar-refractivity contribution is 6.32. The number of ether oxygens (including phenoxy) is 1. The van der Waals surface area contributed by atoms with Crippen LogP contribution in [0.5, 0.6) is 0 Å². The summed E-state index contributed by atoms with van der Waals surface area (Å²) < 4.78 is 5.23. The number of halogens is 2. The van der Waals surface area contributed by atoms with Crippen LogP contribution in [0.2, 0.25) is 10.0 Å². The molecule has 1 heterocycles. The second-order valence-corrected chi connectivity index (χ2v) is 9.63. The van der Waals surface area contributed by atoms with Gasteiger partial charge in [0.25, 0.3) is 5.91 Å². The summed E-state index contributed by atoms with van der Waals surface area (Å²) in [6.07, 6.45) is 2.07. The molecule has 0 aromatic heterocycles. The molecule has 2 amide bonds. The summed E-state index contributed by atoms with van der Waals surface area (Å²) in [5, 5.41) is 10.2. The lowest BCUT2D eigenvalue weighted by atomic mass is 9.83. The van der Waals surface area contributed by atoms with E-state index in [2.05, 4.69) is 16.0 Å². The van der Waals surface area contributed by atoms with E-state index in [4.69, 9.17) is 27.9 Å². The van der Waals surface area contributed by atoms with Crippen LogP contribution in [0, 0.1) is 0 Å². The number of fused-ring (bicyclic) bond motifs is 1. The summed E-state index contributed by atoms with van der Waals surface area (Å²) >= 11 is 12.8. The number of alkyl carbamates (subject to hydrolysis) is 1. The van der Waals surface area contributed by atoms with Gasteiger partial charge in [0, 0.05) is 33.4 Å². The van der Waals surface area contributed by atoms with Gasteiger partial charge < -0.3 is 15.4 Å². The third-order valence-corrected chi connectivity index (χ3v) is 5.73. The van der Waals surface area contributed by atoms with Crippen LogP contribution in [0.4, 0.5) is 10.5 Å². The number of benzene rings is 2. The first-order chi connectivity index (χ1) is 15.1. The number of hydrogen-bond acceptors (Lipinski definition) is 4. The second kappa shape index (κ2) is 10.1. The van der Waals surface area contributed by atoms with Crippen molar-refractivity contribution in [2.75, 3.05) is 18.4 Å². The van der Waals surface area contributed by atoms with Gasteiger partial charge in [-0.05, 0) is 64.4 Å². The van der Waals surface area contributed by atoms with Crippen LogP contribution in [0.1, 0.15) is 51.2 Å². The molecule has 0 spiro atoms. The summed E-state index contributed by atoms with van der Waals surface area (Å²) in [6.45, 7) is 6.60. The van der Waals surface area contributed by atoms with Gasteiger partial charge in [-0.3, -0.25) is 10.1 Å². The van der Waals surface area contributed by atoms with Crippen LogP contribution in [-0.4, -0.2) is 30.7 Å². The minimum Gasteiger partial charge on any atom is -0.444 e. The van der Waals surface area contributed by atoms with Gasteiger partial charge in [0.1, 0.15) is 5.60 Å². The topological polar surface area (TPSA) is 79.5 Å². The van der Waals surface area contributed by atoms with E-state index in [1.807, 2.05) is 39.0 Å². The molecule has 0 aliphatic carbocycles. The number of carbonyl (C=O) groups is 2. The first kappa shape index (κ1) is 24.4. The van der Waals surface area contributed by atoms with E-state index in [1.165, 1.54) is 0 Å². The maximum atomic E-state index is 13.2. The van der Waals surface area contributed by atoms with Crippen molar-refractivity contribution in [3.63, 3.8) is 0 Å². The van der Waals surface area contributed by atoms with E-state index in [9.17, 15) is 9.59 Å². The Bertz CT molecular complexity index is 991. The van der Waals surface area contributed by atoms with Gasteiger partial charge in [0.15, 0.2) is 5.54 Å². The maximum absolute atomic E-state index is 13.2. The van der Waals surface area contributed by atoms with Crippen LogP contribution in [0.15, 0.2) is 42.5 Å². The molecule has 32 heavy (non-hydrogen) atoms. The van der Waals surface area contributed by atoms with Crippen molar-refractivity contribution in [3.05, 3.63) is 63.6 Å². The first-order valence-corrected chi connectivity index (χ1v) is 11.5. The summed E-state index contributed by atoms with van der Waals surface area (Å²) in [5.74, 6) is -0.186. The van der Waals surface area contributed by atoms with E-state index in [-0.39, 0.29) is 5.91 Å². The zero-order valence-corrected chi connectivity index (χ0v) is 20.1. The molecule has 1 unspecified atom stereocenters. The number of hydrogen-bond donors (Lipinski definition) is 3. The van der Waals surface area contributed by atoms with Crippen molar-refractivity contribution in [3.8, 4) is 0 Å². The number of amides is 2. The summed E-state index contributed by atoms with van der Waals surface area (Å²) in [5.41, 5.74) is 0.532. The lowest BCUT2D eigenvalue weighted by molar-refractivity contribution is -0.120. The minimum absolute atomic E-state index is 0.186. The SMILES string of the molecule is CC(C)(C)OC(=O)NCCCCCNC1(c2ccccc2Cl)C(=O)Nc2ccc(Cl)cc21. The van der Waals surface area contributed by atoms with Crippen molar-refractivity contribution in [2.45, 2.75) is 51.2 Å². The highest BCUT2D eigenvalue weighted by Crippen LogP contribution is 2.44. The molecule has 2 aromatic carbocycles. The molecule has 1 aliphatic heterocycles. The molecule has 6 nitrogen and oxygen atoms in total. The van der Waals surface area contributed by atoms with Crippen molar-refractivity contribution in [1.82, 2.24) is 10.6 Å². The Balaban J connectivity index is 1.65. The molecule has 1 atom stereocenters. The van der Waals surface area contributed by atoms with Crippen LogP contribution in [0.25, 0.3) is 0 Å². The number of unbranched alkanes of at least 4 members (excludes halogenated alkanes) is 2. The van der Waals surface area contributed by atoms with E-state index >= 15 is 0 Å². The van der Waals surface area contributed by atoms with Gasteiger partial charge >= 0.3 is 6.09 Å². The summed E-state index contributed by atoms with van der Waals surface area (Å²) in [6, 6.07) is 12.7. The molecule has 172 valence electrons. The monoisotopic (exact) mass is 477 g/mol. The van der Waals surface area contributed by atoms with E-state index < -0.39 is 17.2 Å². The third-order valence-electron chi connectivity index (χ3n) is 5.16. The zero-order valence-electron chi connectivity index (χ0n) is 18.6. The normalized spacial score (nSPS) is 17.6. The van der Waals surface area contributed by atoms with Gasteiger partial charge in [-0.25, -0.2) is 4.79 Å². The van der Waals surface area contributed by atoms with E-state index in [1.54, 1.807) is 24.3 Å². The molecular weight excluding hydrogens is 449 g/mol. The fourth-order valence-electron chi connectivity index (χ4n) is 3.78. The first-order valence-electron chi connectivity index (χ1n) is 10.7. The molecule has 0 bridgehead atoms. The standard InChI is InChI=1S/C24H29Cl2N3O3/c1-23(2,3)32-22(31)27-13-7-4-8-14-28-24(17-9-5-6-10-19(17)26)18-15-16(25)11-12-20(18)29-21(24)30/h5-6,9-12,15,28H,4,7-8,13-14H2,1-3H3,(H,27,31)(H,29,30). The zero-order chi connectivity index (χ0) is 23.4. The van der Waals surface area contributed by atoms with E-state index in [0.717, 1.165) is 24.8 Å². The number of rotatable bonds is 8. The average molecular weight is 478 g/mol. The van der Waals surface area contributed by atoms with Crippen LogP contribution in [0.3, 0.4) is 0 Å². The quantitative estimate of drug-likeness (QED) is 0.440. The lowest BCUT2D eigenvalue weighted by Gasteiger charge is -2.30. The van der Waals surface area contributed by atoms with Crippen LogP contribution < -0.4 is 16.0 Å². The maximum Gasteiger partial charge on any atom is 0.407 e. The van der Waals surface area contributed by atoms with Gasteiger partial charge in [0.2, 0.25) is 0 Å². The Labute approximate surface area is 199 Å². The van der Waals surface area contributed by atoms with Gasteiger partial charge in [0.05, 0.1) is 0 Å². The molecule has 3 N–H and O–H groups in total. The summed E-state index contributed by atoms with van der Waals surface area (Å²) in [4.78, 5) is 25.0. The molecular formula is C24H29Cl2N3O3. The molecule has 0 radical (unpaired) electrons. The fourth-order valence-corrected chi connectivity index (χ4v) is 4.23. The molecule has 0 saturated carbocycles. The predicted octanol–water partition coefficient (Wildman–Crippen LogP) is 5.47. The average Bonchev–Trinajstić information content (AvgIpc) is 2.98. The molecule has 1 aliphatic rings. The van der Waals surface area contributed by atoms with Crippen LogP contribution in [-0.2, 0) is 15.1 Å². The Kier molecular flexibility index (Phi) is 7.70. The highest BCUT2D eigenvalue weighted by atomic mass is 35.5. The number of anilines is 1. The Morgan fingerprint density at radius 1 is 1.03 bits per heavy atom. The highest BCUT2D eigenvalue weighted by Gasteiger charge is 2.49. The number of carbonyl (C=O) groups excluding carboxylic acids is 2. The molecule has 0 fully saturated rings. The lowest BCUT2D eigenvalue weighted by Crippen LogP contribution is -2.49. The second-order valence-electron chi connectivity index (χ2n) is 8.79. The van der Waals surface area contributed by atoms with Crippen LogP contribution >= 0.6 is 23.2 Å². The fraction of sp³-hybridized carbons (Fsp3) is 0.417. The smallest absolute Gasteiger partial charge is 0.407 e. The van der Waals surface area contributed by atoms with Crippen molar-refractivity contribution in [2.24, 2.45) is 0 Å². The van der Waals surface area contributed by atoms with E-state index in [0.29, 0.717) is 34.4 Å². The molecule has 8 heteroatoms. The molecule has 3 rings (SSSR count). The molecule has 2 aromatic rings. The largest absolute Gasteiger partial charge is 0.444 e. The number of nitrogens with one attached hydrogen (secondary N) is 3. The predicted molar refractivity (Wildman–Crippen MR) is 128 cm³/mol. The Morgan fingerprint density at radius 3 is 2.47 bits per heavy atom. The van der Waals surface area contributed by atoms with Crippen molar-refractivity contribution >= 4 is 40.9 Å². The minimum atomic E-state index is -1.12. The summed E-state index contributed by atoms with van der Waals surface area (Å²) in [7, 11) is 0. The van der Waals surface area contributed by atoms with Crippen molar-refractivity contribution in [1.29, 1.82) is 0 Å². The van der Waals surface area contributed by atoms with Crippen molar-refractivity contribution < 1.29 is 14.3 Å². The Hall–Kier alpha value is -2.28.